The van der Waals surface area contributed by atoms with Crippen molar-refractivity contribution in [3.05, 3.63) is 0 Å². The fourth-order valence-corrected chi connectivity index (χ4v) is 1.46. The highest BCUT2D eigenvalue weighted by Crippen LogP contribution is 2.24. The van der Waals surface area contributed by atoms with Crippen molar-refractivity contribution < 1.29 is 9.53 Å². The summed E-state index contributed by atoms with van der Waals surface area (Å²) < 4.78 is 5.10. The summed E-state index contributed by atoms with van der Waals surface area (Å²) in [6, 6.07) is 0.251. The van der Waals surface area contributed by atoms with Crippen LogP contribution in [0.25, 0.3) is 0 Å². The summed E-state index contributed by atoms with van der Waals surface area (Å²) in [5.74, 6) is 0.470. The highest BCUT2D eigenvalue weighted by Gasteiger charge is 2.34. The number of alkyl carbamates (subject to hydrolysis) is 1. The van der Waals surface area contributed by atoms with Gasteiger partial charge in [0.1, 0.15) is 5.60 Å². The van der Waals surface area contributed by atoms with Crippen LogP contribution in [-0.2, 0) is 4.74 Å². The Morgan fingerprint density at radius 1 is 1.58 bits per heavy atom. The quantitative estimate of drug-likeness (QED) is 0.654. The molecule has 1 fully saturated rings. The third-order valence-electron chi connectivity index (χ3n) is 2.19. The van der Waals surface area contributed by atoms with Gasteiger partial charge in [0.2, 0.25) is 0 Å². The minimum Gasteiger partial charge on any atom is -0.443 e. The van der Waals surface area contributed by atoms with Gasteiger partial charge in [-0.3, -0.25) is 0 Å². The summed E-state index contributed by atoms with van der Waals surface area (Å²) in [6.45, 7) is 8.10. The zero-order chi connectivity index (χ0) is 9.35. The second kappa shape index (κ2) is 2.96. The standard InChI is InChI=1S/C9H17NO2/c1-6(2)7-5-9(3,4)12-8(11)10-7/h6-7H,5H2,1-4H3,(H,10,11). The molecule has 1 heterocycles. The zero-order valence-electron chi connectivity index (χ0n) is 8.18. The number of rotatable bonds is 1. The molecule has 1 rings (SSSR count). The van der Waals surface area contributed by atoms with E-state index >= 15 is 0 Å². The van der Waals surface area contributed by atoms with E-state index in [2.05, 4.69) is 19.2 Å². The number of hydrogen-bond acceptors (Lipinski definition) is 2. The molecule has 70 valence electrons. The van der Waals surface area contributed by atoms with Gasteiger partial charge in [0.25, 0.3) is 0 Å². The molecule has 3 nitrogen and oxygen atoms in total. The van der Waals surface area contributed by atoms with Crippen molar-refractivity contribution in [2.75, 3.05) is 0 Å². The lowest BCUT2D eigenvalue weighted by Crippen LogP contribution is -2.51. The van der Waals surface area contributed by atoms with E-state index in [-0.39, 0.29) is 17.7 Å². The maximum Gasteiger partial charge on any atom is 0.407 e. The van der Waals surface area contributed by atoms with Crippen LogP contribution in [0, 0.1) is 5.92 Å². The summed E-state index contributed by atoms with van der Waals surface area (Å²) in [7, 11) is 0. The number of amides is 1. The van der Waals surface area contributed by atoms with Gasteiger partial charge < -0.3 is 10.1 Å². The van der Waals surface area contributed by atoms with E-state index in [4.69, 9.17) is 4.74 Å². The van der Waals surface area contributed by atoms with Gasteiger partial charge in [-0.1, -0.05) is 13.8 Å². The molecule has 1 saturated heterocycles. The van der Waals surface area contributed by atoms with E-state index < -0.39 is 0 Å². The van der Waals surface area contributed by atoms with Crippen LogP contribution in [0.15, 0.2) is 0 Å². The Kier molecular flexibility index (Phi) is 2.31. The monoisotopic (exact) mass is 171 g/mol. The van der Waals surface area contributed by atoms with E-state index in [1.807, 2.05) is 13.8 Å². The summed E-state index contributed by atoms with van der Waals surface area (Å²) >= 11 is 0. The molecular formula is C9H17NO2. The summed E-state index contributed by atoms with van der Waals surface area (Å²) in [4.78, 5) is 11.1. The Hall–Kier alpha value is -0.730. The molecule has 0 bridgehead atoms. The van der Waals surface area contributed by atoms with Gasteiger partial charge >= 0.3 is 6.09 Å². The second-order valence-electron chi connectivity index (χ2n) is 4.35. The topological polar surface area (TPSA) is 38.3 Å². The molecule has 1 aliphatic heterocycles. The van der Waals surface area contributed by atoms with Crippen molar-refractivity contribution in [1.29, 1.82) is 0 Å². The maximum absolute atomic E-state index is 11.1. The van der Waals surface area contributed by atoms with E-state index in [0.717, 1.165) is 6.42 Å². The molecule has 0 aromatic carbocycles. The first-order chi connectivity index (χ1) is 5.41. The number of ether oxygens (including phenoxy) is 1. The molecule has 1 amide bonds. The van der Waals surface area contributed by atoms with Crippen LogP contribution in [0.5, 0.6) is 0 Å². The molecule has 0 spiro atoms. The van der Waals surface area contributed by atoms with Gasteiger partial charge in [0, 0.05) is 12.5 Å². The highest BCUT2D eigenvalue weighted by molar-refractivity contribution is 5.69. The van der Waals surface area contributed by atoms with Crippen molar-refractivity contribution in [1.82, 2.24) is 5.32 Å². The lowest BCUT2D eigenvalue weighted by molar-refractivity contribution is -0.00625. The molecule has 0 aliphatic carbocycles. The van der Waals surface area contributed by atoms with Crippen LogP contribution < -0.4 is 5.32 Å². The maximum atomic E-state index is 11.1. The summed E-state index contributed by atoms with van der Waals surface area (Å²) in [5, 5.41) is 2.81. The SMILES string of the molecule is CC(C)C1CC(C)(C)OC(=O)N1. The van der Waals surface area contributed by atoms with Crippen molar-refractivity contribution in [3.63, 3.8) is 0 Å². The predicted octanol–water partition coefficient (Wildman–Crippen LogP) is 1.92. The van der Waals surface area contributed by atoms with Gasteiger partial charge in [-0.15, -0.1) is 0 Å². The third kappa shape index (κ3) is 2.13. The Labute approximate surface area is 73.5 Å². The van der Waals surface area contributed by atoms with Gasteiger partial charge in [-0.25, -0.2) is 4.79 Å². The molecule has 0 aromatic rings. The van der Waals surface area contributed by atoms with Crippen molar-refractivity contribution >= 4 is 6.09 Å². The number of cyclic esters (lactones) is 1. The van der Waals surface area contributed by atoms with Crippen LogP contribution in [-0.4, -0.2) is 17.7 Å². The lowest BCUT2D eigenvalue weighted by Gasteiger charge is -2.37. The van der Waals surface area contributed by atoms with E-state index in [1.165, 1.54) is 0 Å². The Morgan fingerprint density at radius 2 is 2.17 bits per heavy atom. The average molecular weight is 171 g/mol. The molecule has 1 N–H and O–H groups in total. The molecule has 0 aromatic heterocycles. The number of carbonyl (C=O) groups excluding carboxylic acids is 1. The van der Waals surface area contributed by atoms with Crippen molar-refractivity contribution in [2.45, 2.75) is 45.8 Å². The van der Waals surface area contributed by atoms with Gasteiger partial charge in [0.15, 0.2) is 0 Å². The van der Waals surface area contributed by atoms with Crippen LogP contribution >= 0.6 is 0 Å². The molecule has 1 aliphatic rings. The van der Waals surface area contributed by atoms with Gasteiger partial charge in [-0.05, 0) is 19.8 Å². The van der Waals surface area contributed by atoms with Crippen molar-refractivity contribution in [2.24, 2.45) is 5.92 Å². The van der Waals surface area contributed by atoms with Crippen LogP contribution in [0.2, 0.25) is 0 Å². The van der Waals surface area contributed by atoms with E-state index in [0.29, 0.717) is 5.92 Å². The second-order valence-corrected chi connectivity index (χ2v) is 4.35. The number of hydrogen-bond donors (Lipinski definition) is 1. The predicted molar refractivity (Wildman–Crippen MR) is 46.9 cm³/mol. The smallest absolute Gasteiger partial charge is 0.407 e. The van der Waals surface area contributed by atoms with E-state index in [1.54, 1.807) is 0 Å². The van der Waals surface area contributed by atoms with Gasteiger partial charge in [-0.2, -0.15) is 0 Å². The zero-order valence-corrected chi connectivity index (χ0v) is 8.18. The first-order valence-corrected chi connectivity index (χ1v) is 4.40. The lowest BCUT2D eigenvalue weighted by atomic mass is 9.90. The minimum atomic E-state index is -0.308. The minimum absolute atomic E-state index is 0.251. The van der Waals surface area contributed by atoms with Gasteiger partial charge in [0.05, 0.1) is 0 Å². The molecular weight excluding hydrogens is 154 g/mol. The van der Waals surface area contributed by atoms with Crippen LogP contribution in [0.1, 0.15) is 34.1 Å². The van der Waals surface area contributed by atoms with Crippen LogP contribution in [0.3, 0.4) is 0 Å². The largest absolute Gasteiger partial charge is 0.443 e. The summed E-state index contributed by atoms with van der Waals surface area (Å²) in [5.41, 5.74) is -0.308. The fraction of sp³-hybridized carbons (Fsp3) is 0.889. The Balaban J connectivity index is 2.64. The third-order valence-corrected chi connectivity index (χ3v) is 2.19. The molecule has 1 atom stereocenters. The molecule has 12 heavy (non-hydrogen) atoms. The molecule has 1 unspecified atom stereocenters. The first kappa shape index (κ1) is 9.36. The molecule has 0 saturated carbocycles. The first-order valence-electron chi connectivity index (χ1n) is 4.40. The molecule has 0 radical (unpaired) electrons. The Bertz CT molecular complexity index is 187. The number of nitrogens with one attached hydrogen (secondary N) is 1. The van der Waals surface area contributed by atoms with Crippen LogP contribution in [0.4, 0.5) is 4.79 Å². The summed E-state index contributed by atoms with van der Waals surface area (Å²) in [6.07, 6.45) is 0.598. The Morgan fingerprint density at radius 3 is 2.58 bits per heavy atom. The fourth-order valence-electron chi connectivity index (χ4n) is 1.46. The highest BCUT2D eigenvalue weighted by atomic mass is 16.6. The van der Waals surface area contributed by atoms with E-state index in [9.17, 15) is 4.79 Å². The molecule has 3 heteroatoms. The van der Waals surface area contributed by atoms with Crippen molar-refractivity contribution in [3.8, 4) is 0 Å². The number of carbonyl (C=O) groups is 1. The average Bonchev–Trinajstić information content (AvgIpc) is 1.82. The normalized spacial score (nSPS) is 28.1.